The van der Waals surface area contributed by atoms with Crippen LogP contribution in [0.3, 0.4) is 0 Å². The van der Waals surface area contributed by atoms with E-state index in [0.717, 1.165) is 17.0 Å². The van der Waals surface area contributed by atoms with Crippen molar-refractivity contribution in [3.05, 3.63) is 59.2 Å². The fraction of sp³-hybridized carbons (Fsp3) is 0.400. The Hall–Kier alpha value is -2.76. The molecule has 1 fully saturated rings. The standard InChI is InChI=1S/C20H23N5O/c1-13-11-14(2)25-20(21-13)22-18(23-25)19(26)24(15(3)17-9-10-17)12-16-7-5-4-6-8-16/h4-8,11,15,17H,9-10,12H2,1-3H3. The molecule has 4 rings (SSSR count). The Morgan fingerprint density at radius 3 is 2.65 bits per heavy atom. The zero-order valence-corrected chi connectivity index (χ0v) is 15.4. The van der Waals surface area contributed by atoms with Gasteiger partial charge in [0.25, 0.3) is 11.7 Å². The molecule has 1 saturated carbocycles. The highest BCUT2D eigenvalue weighted by Crippen LogP contribution is 2.36. The van der Waals surface area contributed by atoms with Gasteiger partial charge >= 0.3 is 0 Å². The van der Waals surface area contributed by atoms with Crippen molar-refractivity contribution in [2.45, 2.75) is 46.2 Å². The van der Waals surface area contributed by atoms with Crippen molar-refractivity contribution in [1.82, 2.24) is 24.5 Å². The third-order valence-electron chi connectivity index (χ3n) is 5.06. The van der Waals surface area contributed by atoms with E-state index in [-0.39, 0.29) is 17.8 Å². The van der Waals surface area contributed by atoms with Gasteiger partial charge in [0, 0.05) is 24.0 Å². The van der Waals surface area contributed by atoms with Crippen LogP contribution in [0.1, 0.15) is 47.3 Å². The van der Waals surface area contributed by atoms with Crippen molar-refractivity contribution < 1.29 is 4.79 Å². The van der Waals surface area contributed by atoms with Gasteiger partial charge in [-0.15, -0.1) is 5.10 Å². The zero-order chi connectivity index (χ0) is 18.3. The van der Waals surface area contributed by atoms with Crippen LogP contribution in [0, 0.1) is 19.8 Å². The summed E-state index contributed by atoms with van der Waals surface area (Å²) in [6.07, 6.45) is 2.36. The highest BCUT2D eigenvalue weighted by atomic mass is 16.2. The second-order valence-corrected chi connectivity index (χ2v) is 7.18. The number of amides is 1. The quantitative estimate of drug-likeness (QED) is 0.710. The van der Waals surface area contributed by atoms with Crippen LogP contribution < -0.4 is 0 Å². The van der Waals surface area contributed by atoms with Gasteiger partial charge in [-0.1, -0.05) is 30.3 Å². The summed E-state index contributed by atoms with van der Waals surface area (Å²) < 4.78 is 1.64. The van der Waals surface area contributed by atoms with E-state index in [1.165, 1.54) is 12.8 Å². The fourth-order valence-electron chi connectivity index (χ4n) is 3.40. The van der Waals surface area contributed by atoms with Gasteiger partial charge in [0.15, 0.2) is 0 Å². The number of carbonyl (C=O) groups is 1. The highest BCUT2D eigenvalue weighted by Gasteiger charge is 2.36. The molecule has 0 aliphatic heterocycles. The van der Waals surface area contributed by atoms with E-state index in [0.29, 0.717) is 18.2 Å². The lowest BCUT2D eigenvalue weighted by atomic mass is 10.1. The van der Waals surface area contributed by atoms with Crippen LogP contribution in [-0.4, -0.2) is 36.4 Å². The molecule has 6 heteroatoms. The van der Waals surface area contributed by atoms with Crippen LogP contribution in [0.4, 0.5) is 0 Å². The Bertz CT molecular complexity index is 945. The summed E-state index contributed by atoms with van der Waals surface area (Å²) in [4.78, 5) is 24.0. The van der Waals surface area contributed by atoms with Crippen LogP contribution >= 0.6 is 0 Å². The van der Waals surface area contributed by atoms with E-state index < -0.39 is 0 Å². The van der Waals surface area contributed by atoms with Crippen LogP contribution in [0.5, 0.6) is 0 Å². The molecule has 0 N–H and O–H groups in total. The predicted molar refractivity (Wildman–Crippen MR) is 98.8 cm³/mol. The molecule has 2 heterocycles. The molecule has 6 nitrogen and oxygen atoms in total. The summed E-state index contributed by atoms with van der Waals surface area (Å²) in [5, 5.41) is 4.43. The minimum atomic E-state index is -0.129. The molecule has 0 bridgehead atoms. The number of hydrogen-bond acceptors (Lipinski definition) is 4. The second kappa shape index (κ2) is 6.52. The topological polar surface area (TPSA) is 63.4 Å². The van der Waals surface area contributed by atoms with E-state index in [1.54, 1.807) is 4.52 Å². The first-order valence-electron chi connectivity index (χ1n) is 9.09. The molecule has 2 aromatic heterocycles. The molecular formula is C20H23N5O. The number of nitrogens with zero attached hydrogens (tertiary/aromatic N) is 5. The van der Waals surface area contributed by atoms with Gasteiger partial charge in [-0.05, 0) is 51.2 Å². The summed E-state index contributed by atoms with van der Waals surface area (Å²) in [6.45, 7) is 6.56. The third-order valence-corrected chi connectivity index (χ3v) is 5.06. The first-order chi connectivity index (χ1) is 12.5. The van der Waals surface area contributed by atoms with Gasteiger partial charge in [0.2, 0.25) is 5.82 Å². The molecule has 0 radical (unpaired) electrons. The van der Waals surface area contributed by atoms with Crippen molar-refractivity contribution in [3.8, 4) is 0 Å². The smallest absolute Gasteiger partial charge is 0.294 e. The molecule has 1 amide bonds. The number of fused-ring (bicyclic) bond motifs is 1. The molecule has 26 heavy (non-hydrogen) atoms. The van der Waals surface area contributed by atoms with Crippen molar-refractivity contribution >= 4 is 11.7 Å². The Morgan fingerprint density at radius 2 is 1.96 bits per heavy atom. The van der Waals surface area contributed by atoms with Crippen LogP contribution in [0.15, 0.2) is 36.4 Å². The second-order valence-electron chi connectivity index (χ2n) is 7.18. The molecule has 1 atom stereocenters. The van der Waals surface area contributed by atoms with Crippen molar-refractivity contribution in [2.24, 2.45) is 5.92 Å². The summed E-state index contributed by atoms with van der Waals surface area (Å²) in [5.41, 5.74) is 2.90. The normalized spacial score (nSPS) is 15.2. The monoisotopic (exact) mass is 349 g/mol. The maximum Gasteiger partial charge on any atom is 0.294 e. The average molecular weight is 349 g/mol. The highest BCUT2D eigenvalue weighted by molar-refractivity contribution is 5.91. The number of aryl methyl sites for hydroxylation is 2. The average Bonchev–Trinajstić information content (AvgIpc) is 3.39. The molecule has 1 aliphatic rings. The van der Waals surface area contributed by atoms with Gasteiger partial charge in [0.05, 0.1) is 0 Å². The van der Waals surface area contributed by atoms with Gasteiger partial charge in [-0.3, -0.25) is 4.79 Å². The number of carbonyl (C=O) groups excluding carboxylic acids is 1. The van der Waals surface area contributed by atoms with Gasteiger partial charge in [-0.2, -0.15) is 4.98 Å². The number of aromatic nitrogens is 4. The van der Waals surface area contributed by atoms with E-state index in [2.05, 4.69) is 22.0 Å². The zero-order valence-electron chi connectivity index (χ0n) is 15.4. The minimum absolute atomic E-state index is 0.129. The van der Waals surface area contributed by atoms with Crippen LogP contribution in [-0.2, 0) is 6.54 Å². The maximum atomic E-state index is 13.2. The Labute approximate surface area is 152 Å². The molecule has 134 valence electrons. The summed E-state index contributed by atoms with van der Waals surface area (Å²) in [6, 6.07) is 12.2. The lowest BCUT2D eigenvalue weighted by Gasteiger charge is -2.28. The molecule has 1 aliphatic carbocycles. The van der Waals surface area contributed by atoms with E-state index in [1.807, 2.05) is 55.1 Å². The van der Waals surface area contributed by atoms with E-state index in [9.17, 15) is 4.79 Å². The Kier molecular flexibility index (Phi) is 4.18. The molecule has 1 aromatic carbocycles. The molecule has 1 unspecified atom stereocenters. The van der Waals surface area contributed by atoms with Gasteiger partial charge in [0.1, 0.15) is 0 Å². The minimum Gasteiger partial charge on any atom is -0.329 e. The summed E-state index contributed by atoms with van der Waals surface area (Å²) >= 11 is 0. The first kappa shape index (κ1) is 16.7. The molecular weight excluding hydrogens is 326 g/mol. The third kappa shape index (κ3) is 3.19. The van der Waals surface area contributed by atoms with Crippen molar-refractivity contribution in [2.75, 3.05) is 0 Å². The summed E-state index contributed by atoms with van der Waals surface area (Å²) in [7, 11) is 0. The van der Waals surface area contributed by atoms with E-state index in [4.69, 9.17) is 0 Å². The lowest BCUT2D eigenvalue weighted by Crippen LogP contribution is -2.40. The predicted octanol–water partition coefficient (Wildman–Crippen LogP) is 3.18. The number of benzene rings is 1. The largest absolute Gasteiger partial charge is 0.329 e. The number of hydrogen-bond donors (Lipinski definition) is 0. The molecule has 3 aromatic rings. The van der Waals surface area contributed by atoms with Crippen molar-refractivity contribution in [1.29, 1.82) is 0 Å². The maximum absolute atomic E-state index is 13.2. The van der Waals surface area contributed by atoms with Gasteiger partial charge in [-0.25, -0.2) is 9.50 Å². The fourth-order valence-corrected chi connectivity index (χ4v) is 3.40. The van der Waals surface area contributed by atoms with E-state index >= 15 is 0 Å². The molecule has 0 spiro atoms. The van der Waals surface area contributed by atoms with Crippen molar-refractivity contribution in [3.63, 3.8) is 0 Å². The first-order valence-corrected chi connectivity index (χ1v) is 9.09. The molecule has 0 saturated heterocycles. The SMILES string of the molecule is Cc1cc(C)n2nc(C(=O)N(Cc3ccccc3)C(C)C3CC3)nc2n1. The Morgan fingerprint density at radius 1 is 1.23 bits per heavy atom. The van der Waals surface area contributed by atoms with Crippen LogP contribution in [0.2, 0.25) is 0 Å². The lowest BCUT2D eigenvalue weighted by molar-refractivity contribution is 0.0642. The Balaban J connectivity index is 1.68. The summed E-state index contributed by atoms with van der Waals surface area (Å²) in [5.74, 6) is 1.14. The van der Waals surface area contributed by atoms with Gasteiger partial charge < -0.3 is 4.90 Å². The van der Waals surface area contributed by atoms with Crippen LogP contribution in [0.25, 0.3) is 5.78 Å². The number of rotatable bonds is 5.